The Morgan fingerprint density at radius 1 is 1.53 bits per heavy atom. The van der Waals surface area contributed by atoms with Crippen molar-refractivity contribution in [2.45, 2.75) is 25.4 Å². The van der Waals surface area contributed by atoms with Crippen LogP contribution < -0.4 is 15.4 Å². The number of nitrogens with one attached hydrogen (secondary N) is 2. The number of benzene rings is 1. The van der Waals surface area contributed by atoms with E-state index in [0.29, 0.717) is 11.8 Å². The summed E-state index contributed by atoms with van der Waals surface area (Å²) in [6, 6.07) is 5.76. The van der Waals surface area contributed by atoms with E-state index in [2.05, 4.69) is 17.6 Å². The minimum atomic E-state index is -0.303. The van der Waals surface area contributed by atoms with Crippen LogP contribution in [-0.2, 0) is 0 Å². The molecule has 1 aromatic rings. The predicted octanol–water partition coefficient (Wildman–Crippen LogP) is 1.85. The Kier molecular flexibility index (Phi) is 3.97. The van der Waals surface area contributed by atoms with Crippen molar-refractivity contribution in [2.75, 3.05) is 20.2 Å². The first-order chi connectivity index (χ1) is 8.20. The monoisotopic (exact) mass is 238 g/mol. The SMILES string of the molecule is COc1ccc(C(C)NC2CCNC2)cc1F. The zero-order valence-corrected chi connectivity index (χ0v) is 10.3. The largest absolute Gasteiger partial charge is 0.494 e. The van der Waals surface area contributed by atoms with Gasteiger partial charge in [0.05, 0.1) is 7.11 Å². The molecule has 1 saturated heterocycles. The van der Waals surface area contributed by atoms with Crippen LogP contribution in [0.4, 0.5) is 4.39 Å². The Hall–Kier alpha value is -1.13. The molecule has 94 valence electrons. The molecule has 2 unspecified atom stereocenters. The molecule has 17 heavy (non-hydrogen) atoms. The highest BCUT2D eigenvalue weighted by Gasteiger charge is 2.17. The molecule has 1 heterocycles. The lowest BCUT2D eigenvalue weighted by atomic mass is 10.1. The third-order valence-electron chi connectivity index (χ3n) is 3.22. The van der Waals surface area contributed by atoms with E-state index in [0.717, 1.165) is 25.1 Å². The maximum atomic E-state index is 13.6. The van der Waals surface area contributed by atoms with Crippen LogP contribution in [0.1, 0.15) is 24.9 Å². The molecule has 0 bridgehead atoms. The lowest BCUT2D eigenvalue weighted by molar-refractivity contribution is 0.385. The number of hydrogen-bond acceptors (Lipinski definition) is 3. The molecule has 0 spiro atoms. The third-order valence-corrected chi connectivity index (χ3v) is 3.22. The van der Waals surface area contributed by atoms with Crippen LogP contribution in [0.25, 0.3) is 0 Å². The molecule has 0 radical (unpaired) electrons. The van der Waals surface area contributed by atoms with Gasteiger partial charge in [0.2, 0.25) is 0 Å². The van der Waals surface area contributed by atoms with Gasteiger partial charge in [0.15, 0.2) is 11.6 Å². The molecule has 1 fully saturated rings. The number of rotatable bonds is 4. The van der Waals surface area contributed by atoms with Crippen molar-refractivity contribution in [1.82, 2.24) is 10.6 Å². The van der Waals surface area contributed by atoms with Gasteiger partial charge in [0.1, 0.15) is 0 Å². The van der Waals surface area contributed by atoms with E-state index in [-0.39, 0.29) is 11.9 Å². The highest BCUT2D eigenvalue weighted by Crippen LogP contribution is 2.22. The molecule has 1 aliphatic heterocycles. The quantitative estimate of drug-likeness (QED) is 0.840. The summed E-state index contributed by atoms with van der Waals surface area (Å²) in [6.45, 7) is 4.10. The number of methoxy groups -OCH3 is 1. The summed E-state index contributed by atoms with van der Waals surface area (Å²) in [5, 5.41) is 6.79. The van der Waals surface area contributed by atoms with Gasteiger partial charge in [-0.1, -0.05) is 6.07 Å². The molecule has 2 N–H and O–H groups in total. The van der Waals surface area contributed by atoms with E-state index in [4.69, 9.17) is 4.74 Å². The van der Waals surface area contributed by atoms with Crippen LogP contribution in [-0.4, -0.2) is 26.2 Å². The molecule has 2 atom stereocenters. The van der Waals surface area contributed by atoms with E-state index in [1.807, 2.05) is 6.07 Å². The Balaban J connectivity index is 2.02. The zero-order chi connectivity index (χ0) is 12.3. The Bertz CT molecular complexity index is 378. The minimum Gasteiger partial charge on any atom is -0.494 e. The van der Waals surface area contributed by atoms with E-state index >= 15 is 0 Å². The summed E-state index contributed by atoms with van der Waals surface area (Å²) in [5.41, 5.74) is 0.954. The van der Waals surface area contributed by atoms with Crippen molar-refractivity contribution >= 4 is 0 Å². The first kappa shape index (κ1) is 12.3. The van der Waals surface area contributed by atoms with Gasteiger partial charge in [-0.2, -0.15) is 0 Å². The predicted molar refractivity (Wildman–Crippen MR) is 65.8 cm³/mol. The first-order valence-corrected chi connectivity index (χ1v) is 6.01. The molecule has 0 saturated carbocycles. The summed E-state index contributed by atoms with van der Waals surface area (Å²) in [6.07, 6.45) is 1.13. The normalized spacial score (nSPS) is 21.5. The van der Waals surface area contributed by atoms with Crippen LogP contribution in [0.2, 0.25) is 0 Å². The average molecular weight is 238 g/mol. The molecule has 0 aliphatic carbocycles. The minimum absolute atomic E-state index is 0.153. The average Bonchev–Trinajstić information content (AvgIpc) is 2.81. The van der Waals surface area contributed by atoms with Crippen molar-refractivity contribution in [1.29, 1.82) is 0 Å². The van der Waals surface area contributed by atoms with Gasteiger partial charge in [0, 0.05) is 18.6 Å². The van der Waals surface area contributed by atoms with Crippen LogP contribution in [0.5, 0.6) is 5.75 Å². The summed E-state index contributed by atoms with van der Waals surface area (Å²) in [7, 11) is 1.48. The Morgan fingerprint density at radius 2 is 2.35 bits per heavy atom. The van der Waals surface area contributed by atoms with Gasteiger partial charge >= 0.3 is 0 Å². The van der Waals surface area contributed by atoms with Crippen molar-refractivity contribution < 1.29 is 9.13 Å². The second-order valence-electron chi connectivity index (χ2n) is 4.47. The van der Waals surface area contributed by atoms with Crippen molar-refractivity contribution in [3.05, 3.63) is 29.6 Å². The van der Waals surface area contributed by atoms with Crippen LogP contribution in [0.3, 0.4) is 0 Å². The second kappa shape index (κ2) is 5.47. The van der Waals surface area contributed by atoms with Crippen molar-refractivity contribution in [2.24, 2.45) is 0 Å². The fraction of sp³-hybridized carbons (Fsp3) is 0.538. The van der Waals surface area contributed by atoms with Gasteiger partial charge in [-0.05, 0) is 37.6 Å². The Morgan fingerprint density at radius 3 is 2.94 bits per heavy atom. The summed E-state index contributed by atoms with van der Waals surface area (Å²) in [5.74, 6) is -0.00770. The third kappa shape index (κ3) is 2.96. The molecule has 1 aliphatic rings. The zero-order valence-electron chi connectivity index (χ0n) is 10.3. The molecule has 4 heteroatoms. The van der Waals surface area contributed by atoms with Crippen LogP contribution >= 0.6 is 0 Å². The number of ether oxygens (including phenoxy) is 1. The van der Waals surface area contributed by atoms with Gasteiger partial charge in [-0.15, -0.1) is 0 Å². The molecule has 3 nitrogen and oxygen atoms in total. The lowest BCUT2D eigenvalue weighted by Gasteiger charge is -2.19. The highest BCUT2D eigenvalue weighted by atomic mass is 19.1. The standard InChI is InChI=1S/C13H19FN2O/c1-9(16-11-5-6-15-8-11)10-3-4-13(17-2)12(14)7-10/h3-4,7,9,11,15-16H,5-6,8H2,1-2H3. The number of hydrogen-bond donors (Lipinski definition) is 2. The van der Waals surface area contributed by atoms with E-state index in [1.165, 1.54) is 7.11 Å². The maximum absolute atomic E-state index is 13.6. The topological polar surface area (TPSA) is 33.3 Å². The van der Waals surface area contributed by atoms with Crippen LogP contribution in [0, 0.1) is 5.82 Å². The van der Waals surface area contributed by atoms with Gasteiger partial charge in [-0.25, -0.2) is 4.39 Å². The van der Waals surface area contributed by atoms with E-state index in [1.54, 1.807) is 12.1 Å². The van der Waals surface area contributed by atoms with Crippen LogP contribution in [0.15, 0.2) is 18.2 Å². The molecule has 1 aromatic carbocycles. The maximum Gasteiger partial charge on any atom is 0.165 e. The molecular formula is C13H19FN2O. The summed E-state index contributed by atoms with van der Waals surface area (Å²) >= 11 is 0. The fourth-order valence-corrected chi connectivity index (χ4v) is 2.20. The summed E-state index contributed by atoms with van der Waals surface area (Å²) in [4.78, 5) is 0. The van der Waals surface area contributed by atoms with Crippen molar-refractivity contribution in [3.8, 4) is 5.75 Å². The second-order valence-corrected chi connectivity index (χ2v) is 4.47. The molecule has 0 aromatic heterocycles. The summed E-state index contributed by atoms with van der Waals surface area (Å²) < 4.78 is 18.5. The molecular weight excluding hydrogens is 219 g/mol. The number of halogens is 1. The van der Waals surface area contributed by atoms with Gasteiger partial charge in [0.25, 0.3) is 0 Å². The fourth-order valence-electron chi connectivity index (χ4n) is 2.20. The Labute approximate surface area is 101 Å². The molecule has 0 amide bonds. The first-order valence-electron chi connectivity index (χ1n) is 6.01. The molecule has 2 rings (SSSR count). The van der Waals surface area contributed by atoms with Gasteiger partial charge < -0.3 is 15.4 Å². The lowest BCUT2D eigenvalue weighted by Crippen LogP contribution is -2.33. The highest BCUT2D eigenvalue weighted by molar-refractivity contribution is 5.30. The van der Waals surface area contributed by atoms with E-state index in [9.17, 15) is 4.39 Å². The smallest absolute Gasteiger partial charge is 0.165 e. The van der Waals surface area contributed by atoms with Crippen molar-refractivity contribution in [3.63, 3.8) is 0 Å². The van der Waals surface area contributed by atoms with Gasteiger partial charge in [-0.3, -0.25) is 0 Å². The van der Waals surface area contributed by atoms with E-state index < -0.39 is 0 Å².